The van der Waals surface area contributed by atoms with Gasteiger partial charge in [-0.1, -0.05) is 85.7 Å². The third-order valence-corrected chi connectivity index (χ3v) is 8.14. The van der Waals surface area contributed by atoms with Crippen LogP contribution in [0.1, 0.15) is 37.5 Å². The Labute approximate surface area is 279 Å². The molecule has 0 amide bonds. The van der Waals surface area contributed by atoms with Gasteiger partial charge in [-0.3, -0.25) is 0 Å². The number of benzene rings is 4. The topological polar surface area (TPSA) is 43.4 Å². The summed E-state index contributed by atoms with van der Waals surface area (Å²) in [5.41, 5.74) is 8.19. The monoisotopic (exact) mass is 771 g/mol. The van der Waals surface area contributed by atoms with Gasteiger partial charge in [0, 0.05) is 38.8 Å². The van der Waals surface area contributed by atoms with Gasteiger partial charge in [0.25, 0.3) is 0 Å². The van der Waals surface area contributed by atoms with Gasteiger partial charge in [-0.2, -0.15) is 12.1 Å². The molecule has 0 N–H and O–H groups in total. The SMILES string of the molecule is Cc1cccc(C)c1B1Oc2cccnc2N1c1[c-]c(Oc2[c-]c(-n3[c-][n+](C)c4ccccc43)ccc2)cc(C(C)(C)C)c1.[Pt]. The minimum Gasteiger partial charge on any atom is -0.535 e. The first kappa shape index (κ1) is 30.7. The Hall–Kier alpha value is -4.35. The zero-order valence-electron chi connectivity index (χ0n) is 26.2. The first-order chi connectivity index (χ1) is 21.2. The Morgan fingerprint density at radius 2 is 1.58 bits per heavy atom. The molecular weight excluding hydrogens is 738 g/mol. The molecule has 4 aromatic carbocycles. The van der Waals surface area contributed by atoms with Gasteiger partial charge in [0.2, 0.25) is 6.33 Å². The minimum atomic E-state index is -0.395. The van der Waals surface area contributed by atoms with Crippen LogP contribution in [0.15, 0.2) is 91.1 Å². The van der Waals surface area contributed by atoms with E-state index in [1.54, 1.807) is 6.20 Å². The second kappa shape index (κ2) is 11.9. The van der Waals surface area contributed by atoms with E-state index in [9.17, 15) is 0 Å². The fraction of sp³-hybridized carbons (Fsp3) is 0.189. The van der Waals surface area contributed by atoms with E-state index in [1.165, 1.54) is 0 Å². The molecule has 8 heteroatoms. The Morgan fingerprint density at radius 1 is 0.844 bits per heavy atom. The zero-order chi connectivity index (χ0) is 30.6. The Morgan fingerprint density at radius 3 is 2.36 bits per heavy atom. The van der Waals surface area contributed by atoms with Crippen LogP contribution >= 0.6 is 0 Å². The van der Waals surface area contributed by atoms with Crippen LogP contribution < -0.4 is 24.2 Å². The molecule has 1 aliphatic heterocycles. The van der Waals surface area contributed by atoms with Gasteiger partial charge >= 0.3 is 7.05 Å². The Kier molecular flexibility index (Phi) is 8.09. The summed E-state index contributed by atoms with van der Waals surface area (Å²) >= 11 is 0. The van der Waals surface area contributed by atoms with Gasteiger partial charge in [-0.05, 0) is 36.9 Å². The molecule has 0 atom stereocenters. The average Bonchev–Trinajstić information content (AvgIpc) is 3.55. The molecule has 6 aromatic rings. The van der Waals surface area contributed by atoms with Crippen LogP contribution in [0.2, 0.25) is 0 Å². The van der Waals surface area contributed by atoms with Crippen molar-refractivity contribution in [1.29, 1.82) is 0 Å². The number of aromatic nitrogens is 3. The fourth-order valence-corrected chi connectivity index (χ4v) is 5.85. The van der Waals surface area contributed by atoms with Crippen molar-refractivity contribution < 1.29 is 35.0 Å². The van der Waals surface area contributed by atoms with E-state index in [4.69, 9.17) is 14.4 Å². The number of ether oxygens (including phenoxy) is 1. The Balaban J connectivity index is 0.00000357. The number of anilines is 2. The molecule has 0 bridgehead atoms. The van der Waals surface area contributed by atoms with Crippen molar-refractivity contribution in [1.82, 2.24) is 9.55 Å². The number of imidazole rings is 1. The molecule has 0 saturated carbocycles. The van der Waals surface area contributed by atoms with Gasteiger partial charge in [-0.15, -0.1) is 35.9 Å². The average molecular weight is 772 g/mol. The predicted molar refractivity (Wildman–Crippen MR) is 174 cm³/mol. The Bertz CT molecular complexity index is 2010. The molecule has 0 spiro atoms. The third kappa shape index (κ3) is 5.66. The van der Waals surface area contributed by atoms with E-state index in [2.05, 4.69) is 100 Å². The van der Waals surface area contributed by atoms with Crippen LogP contribution in [0.4, 0.5) is 11.5 Å². The molecule has 0 unspecified atom stereocenters. The molecule has 0 fully saturated rings. The van der Waals surface area contributed by atoms with E-state index in [1.807, 2.05) is 58.6 Å². The summed E-state index contributed by atoms with van der Waals surface area (Å²) in [5.74, 6) is 2.68. The van der Waals surface area contributed by atoms with Crippen molar-refractivity contribution in [3.05, 3.63) is 126 Å². The van der Waals surface area contributed by atoms with E-state index in [0.717, 1.165) is 56.1 Å². The molecule has 7 rings (SSSR count). The smallest absolute Gasteiger partial charge is 0.524 e. The van der Waals surface area contributed by atoms with E-state index < -0.39 is 7.05 Å². The molecule has 3 heterocycles. The van der Waals surface area contributed by atoms with E-state index in [-0.39, 0.29) is 26.5 Å². The standard InChI is InChI=1S/C37H33BN4O2.Pt/c1-25-12-9-13-26(2)35(25)38-42(36-34(44-38)18-11-19-39-36)29-20-27(37(3,4)5)21-31(23-29)43-30-15-10-14-28(22-30)41-24-40(6)32-16-7-8-17-33(32)41;/h7-21H,1-6H3;/q-2;. The number of nitrogens with zero attached hydrogens (tertiary/aromatic N) is 4. The van der Waals surface area contributed by atoms with Crippen LogP contribution in [0, 0.1) is 32.3 Å². The quantitative estimate of drug-likeness (QED) is 0.109. The second-order valence-electron chi connectivity index (χ2n) is 12.3. The van der Waals surface area contributed by atoms with Crippen molar-refractivity contribution in [3.8, 4) is 22.9 Å². The first-order valence-corrected chi connectivity index (χ1v) is 14.8. The predicted octanol–water partition coefficient (Wildman–Crippen LogP) is 6.88. The van der Waals surface area contributed by atoms with Crippen LogP contribution in [0.3, 0.4) is 0 Å². The molecule has 228 valence electrons. The van der Waals surface area contributed by atoms with Gasteiger partial charge in [-0.25, -0.2) is 4.98 Å². The molecule has 1 aliphatic rings. The maximum absolute atomic E-state index is 6.60. The molecule has 0 aliphatic carbocycles. The fourth-order valence-electron chi connectivity index (χ4n) is 5.85. The van der Waals surface area contributed by atoms with E-state index in [0.29, 0.717) is 11.5 Å². The summed E-state index contributed by atoms with van der Waals surface area (Å²) < 4.78 is 17.1. The summed E-state index contributed by atoms with van der Waals surface area (Å²) in [6.45, 7) is 10.8. The van der Waals surface area contributed by atoms with Gasteiger partial charge in [0.05, 0.1) is 18.1 Å². The van der Waals surface area contributed by atoms with Gasteiger partial charge < -0.3 is 23.3 Å². The normalized spacial score (nSPS) is 12.6. The summed E-state index contributed by atoms with van der Waals surface area (Å²) in [6.07, 6.45) is 5.19. The van der Waals surface area contributed by atoms with Crippen molar-refractivity contribution in [2.45, 2.75) is 40.0 Å². The van der Waals surface area contributed by atoms with Gasteiger partial charge in [0.15, 0.2) is 5.82 Å². The molecule has 2 aromatic heterocycles. The zero-order valence-corrected chi connectivity index (χ0v) is 28.4. The number of hydrogen-bond donors (Lipinski definition) is 0. The van der Waals surface area contributed by atoms with E-state index >= 15 is 0 Å². The number of hydrogen-bond acceptors (Lipinski definition) is 4. The molecule has 0 saturated heterocycles. The van der Waals surface area contributed by atoms with Gasteiger partial charge in [0.1, 0.15) is 5.75 Å². The number of para-hydroxylation sites is 2. The van der Waals surface area contributed by atoms with Crippen molar-refractivity contribution in [2.75, 3.05) is 4.81 Å². The number of rotatable bonds is 5. The summed E-state index contributed by atoms with van der Waals surface area (Å²) in [4.78, 5) is 6.89. The summed E-state index contributed by atoms with van der Waals surface area (Å²) in [7, 11) is 1.60. The number of fused-ring (bicyclic) bond motifs is 2. The second-order valence-corrected chi connectivity index (χ2v) is 12.3. The van der Waals surface area contributed by atoms with Crippen LogP contribution in [-0.4, -0.2) is 16.6 Å². The number of pyridine rings is 1. The minimum absolute atomic E-state index is 0. The maximum Gasteiger partial charge on any atom is 0.524 e. The first-order valence-electron chi connectivity index (χ1n) is 14.8. The largest absolute Gasteiger partial charge is 0.535 e. The van der Waals surface area contributed by atoms with Crippen molar-refractivity contribution in [3.63, 3.8) is 0 Å². The molecule has 45 heavy (non-hydrogen) atoms. The van der Waals surface area contributed by atoms with Crippen LogP contribution in [-0.2, 0) is 33.5 Å². The number of aryl methyl sites for hydroxylation is 3. The van der Waals surface area contributed by atoms with Crippen LogP contribution in [0.5, 0.6) is 17.2 Å². The van der Waals surface area contributed by atoms with Crippen molar-refractivity contribution >= 4 is 35.1 Å². The molecule has 6 nitrogen and oxygen atoms in total. The molecule has 0 radical (unpaired) electrons. The summed E-state index contributed by atoms with van der Waals surface area (Å²) in [5, 5.41) is 0. The van der Waals surface area contributed by atoms with Crippen LogP contribution in [0.25, 0.3) is 16.7 Å². The third-order valence-electron chi connectivity index (χ3n) is 8.14. The maximum atomic E-state index is 6.60. The molecular formula is C37H33BN4O2Pt-2. The van der Waals surface area contributed by atoms with Crippen molar-refractivity contribution in [2.24, 2.45) is 7.05 Å². The summed E-state index contributed by atoms with van der Waals surface area (Å²) in [6, 6.07) is 35.6.